The normalized spacial score (nSPS) is 18.9. The van der Waals surface area contributed by atoms with Gasteiger partial charge in [-0.05, 0) is 18.2 Å². The molecule has 0 saturated heterocycles. The Kier molecular flexibility index (Phi) is 4.49. The van der Waals surface area contributed by atoms with Gasteiger partial charge in [-0.15, -0.1) is 0 Å². The van der Waals surface area contributed by atoms with Crippen LogP contribution in [-0.2, 0) is 16.8 Å². The third kappa shape index (κ3) is 2.94. The van der Waals surface area contributed by atoms with Gasteiger partial charge in [0.25, 0.3) is 5.69 Å². The number of methoxy groups -OCH3 is 1. The number of fused-ring (bicyclic) bond motifs is 1. The van der Waals surface area contributed by atoms with Gasteiger partial charge in [-0.3, -0.25) is 10.1 Å². The number of rotatable bonds is 5. The minimum atomic E-state index is -4.78. The van der Waals surface area contributed by atoms with E-state index in [1.54, 1.807) is 0 Å². The van der Waals surface area contributed by atoms with E-state index in [1.165, 1.54) is 43.5 Å². The Morgan fingerprint density at radius 2 is 1.92 bits per heavy atom. The summed E-state index contributed by atoms with van der Waals surface area (Å²) in [6.45, 7) is -0.0438. The summed E-state index contributed by atoms with van der Waals surface area (Å²) in [5.41, 5.74) is -3.33. The fourth-order valence-corrected chi connectivity index (χ4v) is 2.90. The molecule has 9 heteroatoms. The molecule has 1 unspecified atom stereocenters. The maximum Gasteiger partial charge on any atom is 0.432 e. The van der Waals surface area contributed by atoms with Crippen LogP contribution in [0.2, 0.25) is 0 Å². The molecule has 0 fully saturated rings. The van der Waals surface area contributed by atoms with Gasteiger partial charge in [0.1, 0.15) is 11.5 Å². The molecule has 6 nitrogen and oxygen atoms in total. The van der Waals surface area contributed by atoms with Gasteiger partial charge in [0, 0.05) is 25.2 Å². The molecule has 1 aliphatic rings. The Balaban J connectivity index is 2.03. The lowest BCUT2D eigenvalue weighted by molar-refractivity contribution is -0.385. The Morgan fingerprint density at radius 1 is 1.23 bits per heavy atom. The summed E-state index contributed by atoms with van der Waals surface area (Å²) in [7, 11) is 1.42. The molecule has 3 rings (SSSR count). The molecular formula is C17H14F3NO5. The summed E-state index contributed by atoms with van der Waals surface area (Å²) in [4.78, 5) is 10.4. The zero-order chi connectivity index (χ0) is 18.9. The van der Waals surface area contributed by atoms with E-state index < -0.39 is 28.8 Å². The number of halogens is 3. The molecule has 2 aromatic carbocycles. The largest absolute Gasteiger partial charge is 0.472 e. The van der Waals surface area contributed by atoms with Crippen molar-refractivity contribution >= 4 is 5.69 Å². The van der Waals surface area contributed by atoms with Crippen molar-refractivity contribution in [1.82, 2.24) is 0 Å². The number of hydrogen-bond acceptors (Lipinski definition) is 5. The number of nitrogens with zero attached hydrogens (tertiary/aromatic N) is 1. The topological polar surface area (TPSA) is 70.8 Å². The summed E-state index contributed by atoms with van der Waals surface area (Å²) in [5, 5.41) is 11.1. The Hall–Kier alpha value is -2.81. The Morgan fingerprint density at radius 3 is 2.50 bits per heavy atom. The van der Waals surface area contributed by atoms with Gasteiger partial charge < -0.3 is 14.2 Å². The van der Waals surface area contributed by atoms with E-state index in [0.717, 1.165) is 6.07 Å². The number of hydrogen-bond donors (Lipinski definition) is 0. The lowest BCUT2D eigenvalue weighted by Crippen LogP contribution is -2.46. The van der Waals surface area contributed by atoms with Crippen molar-refractivity contribution in [3.8, 4) is 11.5 Å². The number of ether oxygens (including phenoxy) is 3. The highest BCUT2D eigenvalue weighted by molar-refractivity contribution is 5.55. The first-order chi connectivity index (χ1) is 12.3. The quantitative estimate of drug-likeness (QED) is 0.453. The Labute approximate surface area is 146 Å². The first-order valence-corrected chi connectivity index (χ1v) is 7.53. The van der Waals surface area contributed by atoms with E-state index in [4.69, 9.17) is 14.2 Å². The third-order valence-corrected chi connectivity index (χ3v) is 4.14. The summed E-state index contributed by atoms with van der Waals surface area (Å²) < 4.78 is 57.0. The zero-order valence-corrected chi connectivity index (χ0v) is 13.6. The molecule has 0 amide bonds. The molecule has 1 atom stereocenters. The second-order valence-corrected chi connectivity index (χ2v) is 5.69. The maximum absolute atomic E-state index is 14.0. The lowest BCUT2D eigenvalue weighted by Gasteiger charge is -2.31. The van der Waals surface area contributed by atoms with Crippen LogP contribution in [0.15, 0.2) is 42.5 Å². The van der Waals surface area contributed by atoms with Gasteiger partial charge in [-0.1, -0.05) is 18.2 Å². The summed E-state index contributed by atoms with van der Waals surface area (Å²) in [6.07, 6.45) is -5.46. The predicted octanol–water partition coefficient (Wildman–Crippen LogP) is 3.97. The van der Waals surface area contributed by atoms with Gasteiger partial charge in [-0.2, -0.15) is 13.2 Å². The van der Waals surface area contributed by atoms with E-state index >= 15 is 0 Å². The highest BCUT2D eigenvalue weighted by atomic mass is 19.4. The van der Waals surface area contributed by atoms with Gasteiger partial charge >= 0.3 is 6.18 Å². The van der Waals surface area contributed by atoms with E-state index in [0.29, 0.717) is 5.75 Å². The lowest BCUT2D eigenvalue weighted by atomic mass is 9.88. The monoisotopic (exact) mass is 369 g/mol. The van der Waals surface area contributed by atoms with Crippen molar-refractivity contribution in [3.05, 3.63) is 63.7 Å². The van der Waals surface area contributed by atoms with Crippen LogP contribution in [0.3, 0.4) is 0 Å². The van der Waals surface area contributed by atoms with Crippen molar-refractivity contribution < 1.29 is 32.3 Å². The van der Waals surface area contributed by atoms with Crippen molar-refractivity contribution in [2.45, 2.75) is 18.2 Å². The number of nitro groups is 1. The Bertz CT molecular complexity index is 822. The van der Waals surface area contributed by atoms with Crippen LogP contribution in [0, 0.1) is 10.1 Å². The van der Waals surface area contributed by atoms with Gasteiger partial charge in [0.15, 0.2) is 6.79 Å². The number of alkyl halides is 3. The molecule has 0 aromatic heterocycles. The molecule has 0 radical (unpaired) electrons. The van der Waals surface area contributed by atoms with Crippen molar-refractivity contribution in [2.24, 2.45) is 0 Å². The predicted molar refractivity (Wildman–Crippen MR) is 84.1 cm³/mol. The summed E-state index contributed by atoms with van der Waals surface area (Å²) in [5.74, 6) is 0.186. The first-order valence-electron chi connectivity index (χ1n) is 7.53. The second kappa shape index (κ2) is 6.49. The van der Waals surface area contributed by atoms with E-state index in [2.05, 4.69) is 0 Å². The average molecular weight is 369 g/mol. The minimum Gasteiger partial charge on any atom is -0.472 e. The number of nitro benzene ring substituents is 1. The smallest absolute Gasteiger partial charge is 0.432 e. The molecule has 0 N–H and O–H groups in total. The molecule has 1 aliphatic heterocycles. The van der Waals surface area contributed by atoms with Crippen LogP contribution in [0.5, 0.6) is 11.5 Å². The summed E-state index contributed by atoms with van der Waals surface area (Å²) in [6, 6.07) is 8.95. The fourth-order valence-electron chi connectivity index (χ4n) is 2.90. The van der Waals surface area contributed by atoms with Crippen molar-refractivity contribution in [1.29, 1.82) is 0 Å². The van der Waals surface area contributed by atoms with Crippen molar-refractivity contribution in [2.75, 3.05) is 13.9 Å². The SMILES string of the molecule is COCOc1ccc(C2(C(F)(F)F)Cc3c(cccc3[N+](=O)[O-])O2)cc1. The molecule has 138 valence electrons. The molecule has 26 heavy (non-hydrogen) atoms. The standard InChI is InChI=1S/C17H14F3NO5/c1-24-10-25-12-7-5-11(6-8-12)16(17(18,19)20)9-13-14(21(22)23)3-2-4-15(13)26-16/h2-8H,9-10H2,1H3. The van der Waals surface area contributed by atoms with E-state index in [1.807, 2.05) is 0 Å². The maximum atomic E-state index is 14.0. The van der Waals surface area contributed by atoms with E-state index in [9.17, 15) is 23.3 Å². The molecule has 0 spiro atoms. The minimum absolute atomic E-state index is 0.0438. The van der Waals surface area contributed by atoms with Gasteiger partial charge in [0.2, 0.25) is 5.60 Å². The van der Waals surface area contributed by atoms with Crippen LogP contribution in [-0.4, -0.2) is 25.0 Å². The fraction of sp³-hybridized carbons (Fsp3) is 0.294. The second-order valence-electron chi connectivity index (χ2n) is 5.69. The van der Waals surface area contributed by atoms with Crippen LogP contribution in [0.1, 0.15) is 11.1 Å². The summed E-state index contributed by atoms with van der Waals surface area (Å²) >= 11 is 0. The van der Waals surface area contributed by atoms with Crippen molar-refractivity contribution in [3.63, 3.8) is 0 Å². The molecule has 1 heterocycles. The van der Waals surface area contributed by atoms with Crippen LogP contribution < -0.4 is 9.47 Å². The third-order valence-electron chi connectivity index (χ3n) is 4.14. The zero-order valence-electron chi connectivity index (χ0n) is 13.6. The average Bonchev–Trinajstić information content (AvgIpc) is 3.01. The van der Waals surface area contributed by atoms with Crippen LogP contribution in [0.4, 0.5) is 18.9 Å². The number of benzene rings is 2. The molecule has 0 saturated carbocycles. The van der Waals surface area contributed by atoms with Gasteiger partial charge in [0.05, 0.1) is 10.5 Å². The van der Waals surface area contributed by atoms with Crippen LogP contribution in [0.25, 0.3) is 0 Å². The highest BCUT2D eigenvalue weighted by Crippen LogP contribution is 2.52. The molecule has 2 aromatic rings. The molecule has 0 aliphatic carbocycles. The molecular weight excluding hydrogens is 355 g/mol. The van der Waals surface area contributed by atoms with E-state index in [-0.39, 0.29) is 23.7 Å². The van der Waals surface area contributed by atoms with Gasteiger partial charge in [-0.25, -0.2) is 0 Å². The van der Waals surface area contributed by atoms with Crippen LogP contribution >= 0.6 is 0 Å². The highest BCUT2D eigenvalue weighted by Gasteiger charge is 2.62. The molecule has 0 bridgehead atoms. The first kappa shape index (κ1) is 18.0.